The Balaban J connectivity index is 2.16. The first-order chi connectivity index (χ1) is 6.45. The summed E-state index contributed by atoms with van der Waals surface area (Å²) in [6.07, 6.45) is 2.54. The van der Waals surface area contributed by atoms with Crippen molar-refractivity contribution in [3.63, 3.8) is 0 Å². The molecule has 2 rings (SSSR count). The molecule has 1 heterocycles. The van der Waals surface area contributed by atoms with Crippen LogP contribution >= 0.6 is 0 Å². The molecule has 0 amide bonds. The first-order valence-corrected chi connectivity index (χ1v) is 4.25. The Morgan fingerprint density at radius 1 is 0.923 bits per heavy atom. The quantitative estimate of drug-likeness (QED) is 0.689. The zero-order valence-electron chi connectivity index (χ0n) is 7.22. The fraction of sp³-hybridized carbons (Fsp3) is 0.0909. The lowest BCUT2D eigenvalue weighted by molar-refractivity contribution is 0.937. The summed E-state index contributed by atoms with van der Waals surface area (Å²) < 4.78 is 0. The maximum atomic E-state index is 4.02. The van der Waals surface area contributed by atoms with E-state index in [0.29, 0.717) is 0 Å². The maximum Gasteiger partial charge on any atom is 0.0674 e. The summed E-state index contributed by atoms with van der Waals surface area (Å²) in [5.41, 5.74) is 2.27. The molecule has 0 aliphatic heterocycles. The number of hydrogen-bond acceptors (Lipinski definition) is 2. The van der Waals surface area contributed by atoms with E-state index in [4.69, 9.17) is 0 Å². The molecular weight excluding hydrogens is 160 g/mol. The van der Waals surface area contributed by atoms with Crippen molar-refractivity contribution in [3.8, 4) is 0 Å². The Kier molecular flexibility index (Phi) is 2.32. The molecule has 0 saturated carbocycles. The van der Waals surface area contributed by atoms with Crippen LogP contribution in [0, 0.1) is 0 Å². The number of hydrogen-bond donors (Lipinski definition) is 0. The van der Waals surface area contributed by atoms with Crippen LogP contribution in [0.15, 0.2) is 48.7 Å². The van der Waals surface area contributed by atoms with E-state index in [9.17, 15) is 0 Å². The highest BCUT2D eigenvalue weighted by Gasteiger charge is 1.94. The van der Waals surface area contributed by atoms with Crippen LogP contribution < -0.4 is 0 Å². The molecule has 0 aliphatic rings. The maximum absolute atomic E-state index is 4.02. The van der Waals surface area contributed by atoms with Gasteiger partial charge in [0.25, 0.3) is 0 Å². The van der Waals surface area contributed by atoms with Crippen LogP contribution in [-0.4, -0.2) is 10.2 Å². The zero-order chi connectivity index (χ0) is 8.93. The van der Waals surface area contributed by atoms with E-state index in [1.807, 2.05) is 30.3 Å². The predicted molar refractivity (Wildman–Crippen MR) is 51.3 cm³/mol. The molecule has 0 atom stereocenters. The smallest absolute Gasteiger partial charge is 0.0674 e. The van der Waals surface area contributed by atoms with Gasteiger partial charge in [-0.3, -0.25) is 0 Å². The van der Waals surface area contributed by atoms with E-state index in [1.165, 1.54) is 5.56 Å². The van der Waals surface area contributed by atoms with Crippen LogP contribution in [0.25, 0.3) is 0 Å². The van der Waals surface area contributed by atoms with Gasteiger partial charge in [-0.05, 0) is 17.7 Å². The van der Waals surface area contributed by atoms with Gasteiger partial charge in [0.05, 0.1) is 5.69 Å². The number of nitrogens with zero attached hydrogens (tertiary/aromatic N) is 2. The normalized spacial score (nSPS) is 9.85. The highest BCUT2D eigenvalue weighted by Crippen LogP contribution is 2.04. The Hall–Kier alpha value is -1.70. The van der Waals surface area contributed by atoms with Gasteiger partial charge >= 0.3 is 0 Å². The number of rotatable bonds is 2. The molecule has 13 heavy (non-hydrogen) atoms. The average Bonchev–Trinajstić information content (AvgIpc) is 2.21. The summed E-state index contributed by atoms with van der Waals surface area (Å²) in [5.74, 6) is 0. The topological polar surface area (TPSA) is 25.8 Å². The third-order valence-electron chi connectivity index (χ3n) is 1.86. The van der Waals surface area contributed by atoms with Crippen LogP contribution in [0.2, 0.25) is 0 Å². The summed E-state index contributed by atoms with van der Waals surface area (Å²) in [7, 11) is 0. The SMILES string of the molecule is c1ccc(Cc2cccnn2)cc1. The van der Waals surface area contributed by atoms with Crippen LogP contribution in [-0.2, 0) is 6.42 Å². The van der Waals surface area contributed by atoms with Crippen molar-refractivity contribution >= 4 is 0 Å². The Morgan fingerprint density at radius 3 is 2.46 bits per heavy atom. The Morgan fingerprint density at radius 2 is 1.77 bits per heavy atom. The minimum absolute atomic E-state index is 0.856. The lowest BCUT2D eigenvalue weighted by atomic mass is 10.1. The van der Waals surface area contributed by atoms with E-state index in [2.05, 4.69) is 22.3 Å². The second kappa shape index (κ2) is 3.81. The van der Waals surface area contributed by atoms with Crippen molar-refractivity contribution in [2.75, 3.05) is 0 Å². The number of aromatic nitrogens is 2. The largest absolute Gasteiger partial charge is 0.159 e. The van der Waals surface area contributed by atoms with Crippen LogP contribution in [0.4, 0.5) is 0 Å². The van der Waals surface area contributed by atoms with Gasteiger partial charge in [-0.2, -0.15) is 10.2 Å². The minimum Gasteiger partial charge on any atom is -0.159 e. The molecular formula is C11H10N2. The van der Waals surface area contributed by atoms with Crippen molar-refractivity contribution < 1.29 is 0 Å². The van der Waals surface area contributed by atoms with Gasteiger partial charge in [0.2, 0.25) is 0 Å². The van der Waals surface area contributed by atoms with E-state index in [-0.39, 0.29) is 0 Å². The van der Waals surface area contributed by atoms with Gasteiger partial charge in [0.1, 0.15) is 0 Å². The molecule has 0 spiro atoms. The Bertz CT molecular complexity index is 319. The monoisotopic (exact) mass is 170 g/mol. The highest BCUT2D eigenvalue weighted by atomic mass is 15.1. The molecule has 2 heteroatoms. The van der Waals surface area contributed by atoms with Gasteiger partial charge < -0.3 is 0 Å². The molecule has 1 aromatic carbocycles. The molecule has 0 bridgehead atoms. The third-order valence-corrected chi connectivity index (χ3v) is 1.86. The van der Waals surface area contributed by atoms with E-state index >= 15 is 0 Å². The minimum atomic E-state index is 0.856. The van der Waals surface area contributed by atoms with Crippen molar-refractivity contribution in [3.05, 3.63) is 59.9 Å². The molecule has 2 nitrogen and oxygen atoms in total. The van der Waals surface area contributed by atoms with E-state index < -0.39 is 0 Å². The predicted octanol–water partition coefficient (Wildman–Crippen LogP) is 2.07. The summed E-state index contributed by atoms with van der Waals surface area (Å²) in [4.78, 5) is 0. The second-order valence-corrected chi connectivity index (χ2v) is 2.88. The van der Waals surface area contributed by atoms with Gasteiger partial charge in [-0.15, -0.1) is 0 Å². The number of benzene rings is 1. The van der Waals surface area contributed by atoms with Gasteiger partial charge in [-0.25, -0.2) is 0 Å². The molecule has 0 unspecified atom stereocenters. The van der Waals surface area contributed by atoms with E-state index in [1.54, 1.807) is 6.20 Å². The highest BCUT2D eigenvalue weighted by molar-refractivity contribution is 5.20. The fourth-order valence-electron chi connectivity index (χ4n) is 1.23. The molecule has 1 aromatic heterocycles. The van der Waals surface area contributed by atoms with Crippen molar-refractivity contribution in [2.24, 2.45) is 0 Å². The third kappa shape index (κ3) is 2.12. The second-order valence-electron chi connectivity index (χ2n) is 2.88. The lowest BCUT2D eigenvalue weighted by Gasteiger charge is -1.98. The van der Waals surface area contributed by atoms with E-state index in [0.717, 1.165) is 12.1 Å². The van der Waals surface area contributed by atoms with Crippen molar-refractivity contribution in [1.82, 2.24) is 10.2 Å². The fourth-order valence-corrected chi connectivity index (χ4v) is 1.23. The molecule has 2 aromatic rings. The van der Waals surface area contributed by atoms with Crippen molar-refractivity contribution in [1.29, 1.82) is 0 Å². The van der Waals surface area contributed by atoms with Gasteiger partial charge in [0, 0.05) is 12.6 Å². The standard InChI is InChI=1S/C11H10N2/c1-2-5-10(6-3-1)9-11-7-4-8-12-13-11/h1-8H,9H2. The molecule has 0 N–H and O–H groups in total. The molecule has 0 saturated heterocycles. The first-order valence-electron chi connectivity index (χ1n) is 4.25. The van der Waals surface area contributed by atoms with Crippen molar-refractivity contribution in [2.45, 2.75) is 6.42 Å². The summed E-state index contributed by atoms with van der Waals surface area (Å²) in [6.45, 7) is 0. The first kappa shape index (κ1) is 7.92. The Labute approximate surface area is 77.3 Å². The summed E-state index contributed by atoms with van der Waals surface area (Å²) in [6, 6.07) is 14.2. The lowest BCUT2D eigenvalue weighted by Crippen LogP contribution is -1.92. The molecule has 0 aliphatic carbocycles. The van der Waals surface area contributed by atoms with Crippen LogP contribution in [0.3, 0.4) is 0 Å². The van der Waals surface area contributed by atoms with Gasteiger partial charge in [-0.1, -0.05) is 30.3 Å². The molecule has 64 valence electrons. The summed E-state index contributed by atoms with van der Waals surface area (Å²) >= 11 is 0. The molecule has 0 fully saturated rings. The summed E-state index contributed by atoms with van der Waals surface area (Å²) in [5, 5.41) is 7.85. The van der Waals surface area contributed by atoms with Gasteiger partial charge in [0.15, 0.2) is 0 Å². The molecule has 0 radical (unpaired) electrons. The zero-order valence-corrected chi connectivity index (χ0v) is 7.22. The average molecular weight is 170 g/mol. The van der Waals surface area contributed by atoms with Crippen LogP contribution in [0.1, 0.15) is 11.3 Å². The van der Waals surface area contributed by atoms with Crippen LogP contribution in [0.5, 0.6) is 0 Å².